The second-order valence-corrected chi connectivity index (χ2v) is 21.7. The molecule has 0 bridgehead atoms. The van der Waals surface area contributed by atoms with Gasteiger partial charge in [0.1, 0.15) is 0 Å². The summed E-state index contributed by atoms with van der Waals surface area (Å²) in [6.45, 7) is 23.1. The van der Waals surface area contributed by atoms with Crippen LogP contribution in [-0.4, -0.2) is 16.6 Å². The van der Waals surface area contributed by atoms with Gasteiger partial charge in [-0.2, -0.15) is 0 Å². The highest BCUT2D eigenvalue weighted by Crippen LogP contribution is 2.51. The van der Waals surface area contributed by atoms with Crippen molar-refractivity contribution < 1.29 is 8.85 Å². The molecule has 0 saturated carbocycles. The third-order valence-electron chi connectivity index (χ3n) is 7.91. The topological polar surface area (TPSA) is 18.5 Å². The Kier molecular flexibility index (Phi) is 5.22. The first kappa shape index (κ1) is 23.1. The molecule has 0 amide bonds. The summed E-state index contributed by atoms with van der Waals surface area (Å²) >= 11 is 0. The molecule has 32 heavy (non-hydrogen) atoms. The Morgan fingerprint density at radius 2 is 0.875 bits per heavy atom. The second-order valence-electron chi connectivity index (χ2n) is 12.3. The smallest absolute Gasteiger partial charge is 0.250 e. The van der Waals surface area contributed by atoms with Gasteiger partial charge < -0.3 is 8.85 Å². The third kappa shape index (κ3) is 3.61. The third-order valence-corrected chi connectivity index (χ3v) is 16.6. The molecule has 2 nitrogen and oxygen atoms in total. The van der Waals surface area contributed by atoms with E-state index in [0.29, 0.717) is 0 Å². The SMILES string of the molecule is CC(C)(C)[Si](C)(C)Oc1c(O[Si](C)(C)C(C)(C)C)c2cccc3ccc4cccc1c4c32. The first-order valence-corrected chi connectivity index (χ1v) is 17.5. The second kappa shape index (κ2) is 7.23. The number of hydrogen-bond donors (Lipinski definition) is 0. The molecule has 4 heteroatoms. The average Bonchev–Trinajstić information content (AvgIpc) is 2.67. The van der Waals surface area contributed by atoms with Crippen LogP contribution in [0.4, 0.5) is 0 Å². The molecule has 4 aromatic rings. The summed E-state index contributed by atoms with van der Waals surface area (Å²) < 4.78 is 14.2. The van der Waals surface area contributed by atoms with Crippen LogP contribution in [-0.2, 0) is 0 Å². The molecule has 4 rings (SSSR count). The van der Waals surface area contributed by atoms with Gasteiger partial charge in [0.2, 0.25) is 0 Å². The van der Waals surface area contributed by atoms with Crippen molar-refractivity contribution in [2.24, 2.45) is 0 Å². The van der Waals surface area contributed by atoms with Crippen molar-refractivity contribution in [2.45, 2.75) is 77.8 Å². The van der Waals surface area contributed by atoms with Gasteiger partial charge in [0, 0.05) is 21.5 Å². The van der Waals surface area contributed by atoms with Gasteiger partial charge in [-0.1, -0.05) is 90.1 Å². The first-order valence-electron chi connectivity index (χ1n) is 11.7. The van der Waals surface area contributed by atoms with Gasteiger partial charge in [0.15, 0.2) is 11.5 Å². The zero-order valence-electron chi connectivity index (χ0n) is 21.4. The Balaban J connectivity index is 2.13. The molecule has 0 aliphatic heterocycles. The zero-order valence-corrected chi connectivity index (χ0v) is 23.4. The van der Waals surface area contributed by atoms with Gasteiger partial charge in [-0.15, -0.1) is 0 Å². The quantitative estimate of drug-likeness (QED) is 0.222. The van der Waals surface area contributed by atoms with Gasteiger partial charge in [-0.3, -0.25) is 0 Å². The van der Waals surface area contributed by atoms with Crippen molar-refractivity contribution >= 4 is 49.0 Å². The van der Waals surface area contributed by atoms with Gasteiger partial charge >= 0.3 is 0 Å². The van der Waals surface area contributed by atoms with Crippen LogP contribution >= 0.6 is 0 Å². The normalized spacial score (nSPS) is 13.9. The molecule has 0 aromatic heterocycles. The molecule has 0 aliphatic carbocycles. The summed E-state index contributed by atoms with van der Waals surface area (Å²) in [6, 6.07) is 17.6. The van der Waals surface area contributed by atoms with Gasteiger partial charge in [0.25, 0.3) is 16.6 Å². The average molecular weight is 463 g/mol. The van der Waals surface area contributed by atoms with E-state index >= 15 is 0 Å². The predicted molar refractivity (Wildman–Crippen MR) is 146 cm³/mol. The fourth-order valence-corrected chi connectivity index (χ4v) is 5.84. The molecular weight excluding hydrogens is 424 g/mol. The molecular formula is C28H38O2Si2. The van der Waals surface area contributed by atoms with Crippen LogP contribution in [0.1, 0.15) is 41.5 Å². The Morgan fingerprint density at radius 3 is 1.19 bits per heavy atom. The highest BCUT2D eigenvalue weighted by molar-refractivity contribution is 6.75. The molecule has 0 atom stereocenters. The molecule has 0 fully saturated rings. The first-order chi connectivity index (χ1) is 14.6. The van der Waals surface area contributed by atoms with Crippen LogP contribution in [0.15, 0.2) is 48.5 Å². The minimum absolute atomic E-state index is 0.0962. The molecule has 0 aliphatic rings. The number of rotatable bonds is 4. The lowest BCUT2D eigenvalue weighted by Crippen LogP contribution is -2.45. The van der Waals surface area contributed by atoms with Crippen molar-refractivity contribution in [1.82, 2.24) is 0 Å². The maximum absolute atomic E-state index is 7.11. The highest BCUT2D eigenvalue weighted by atomic mass is 28.4. The van der Waals surface area contributed by atoms with Crippen molar-refractivity contribution in [3.05, 3.63) is 48.5 Å². The van der Waals surface area contributed by atoms with Crippen LogP contribution < -0.4 is 8.85 Å². The minimum atomic E-state index is -2.10. The van der Waals surface area contributed by atoms with Gasteiger partial charge in [-0.25, -0.2) is 0 Å². The molecule has 0 spiro atoms. The van der Waals surface area contributed by atoms with Crippen molar-refractivity contribution in [3.8, 4) is 11.5 Å². The summed E-state index contributed by atoms with van der Waals surface area (Å²) in [6.07, 6.45) is 0. The predicted octanol–water partition coefficient (Wildman–Crippen LogP) is 9.35. The molecule has 170 valence electrons. The van der Waals surface area contributed by atoms with Crippen molar-refractivity contribution in [3.63, 3.8) is 0 Å². The fraction of sp³-hybridized carbons (Fsp3) is 0.429. The molecule has 4 aromatic carbocycles. The van der Waals surface area contributed by atoms with E-state index in [1.165, 1.54) is 32.3 Å². The Morgan fingerprint density at radius 1 is 0.531 bits per heavy atom. The van der Waals surface area contributed by atoms with Gasteiger partial charge in [-0.05, 0) is 47.0 Å². The molecule has 0 unspecified atom stereocenters. The summed E-state index contributed by atoms with van der Waals surface area (Å²) in [4.78, 5) is 0. The van der Waals surface area contributed by atoms with E-state index in [9.17, 15) is 0 Å². The zero-order chi connectivity index (χ0) is 23.7. The maximum Gasteiger partial charge on any atom is 0.250 e. The lowest BCUT2D eigenvalue weighted by molar-refractivity contribution is 0.447. The standard InChI is InChI=1S/C28H38O2Si2/c1-27(2,3)31(7,8)29-25-21-15-11-13-19-17-18-20-14-12-16-22(24(20)23(19)21)26(25)30-32(9,10)28(4,5)6/h11-18H,1-10H3. The highest BCUT2D eigenvalue weighted by Gasteiger charge is 2.43. The Hall–Kier alpha value is -2.05. The molecule has 0 radical (unpaired) electrons. The Labute approximate surface area is 195 Å². The summed E-state index contributed by atoms with van der Waals surface area (Å²) in [5, 5.41) is 7.62. The van der Waals surface area contributed by atoms with E-state index in [0.717, 1.165) is 11.5 Å². The summed E-state index contributed by atoms with van der Waals surface area (Å²) in [5.41, 5.74) is 0. The van der Waals surface area contributed by atoms with E-state index in [1.807, 2.05) is 0 Å². The summed E-state index contributed by atoms with van der Waals surface area (Å²) in [5.74, 6) is 1.89. The van der Waals surface area contributed by atoms with Crippen molar-refractivity contribution in [2.75, 3.05) is 0 Å². The lowest BCUT2D eigenvalue weighted by atomic mass is 9.93. The van der Waals surface area contributed by atoms with Crippen LogP contribution in [0.5, 0.6) is 11.5 Å². The van der Waals surface area contributed by atoms with Crippen molar-refractivity contribution in [1.29, 1.82) is 0 Å². The molecule has 0 saturated heterocycles. The van der Waals surface area contributed by atoms with Gasteiger partial charge in [0.05, 0.1) is 0 Å². The number of benzene rings is 4. The fourth-order valence-electron chi connectivity index (χ4n) is 3.80. The van der Waals surface area contributed by atoms with E-state index in [4.69, 9.17) is 8.85 Å². The monoisotopic (exact) mass is 462 g/mol. The lowest BCUT2D eigenvalue weighted by Gasteiger charge is -2.40. The molecule has 0 heterocycles. The van der Waals surface area contributed by atoms with Crippen LogP contribution in [0.2, 0.25) is 36.3 Å². The Bertz CT molecular complexity index is 1190. The van der Waals surface area contributed by atoms with E-state index in [1.54, 1.807) is 0 Å². The van der Waals surface area contributed by atoms with Crippen LogP contribution in [0.25, 0.3) is 32.3 Å². The largest absolute Gasteiger partial charge is 0.541 e. The number of hydrogen-bond acceptors (Lipinski definition) is 2. The van der Waals surface area contributed by atoms with E-state index < -0.39 is 16.6 Å². The van der Waals surface area contributed by atoms with Crippen LogP contribution in [0, 0.1) is 0 Å². The maximum atomic E-state index is 7.11. The molecule has 0 N–H and O–H groups in total. The van der Waals surface area contributed by atoms with E-state index in [-0.39, 0.29) is 10.1 Å². The van der Waals surface area contributed by atoms with E-state index in [2.05, 4.69) is 116 Å². The minimum Gasteiger partial charge on any atom is -0.541 e. The van der Waals surface area contributed by atoms with Crippen LogP contribution in [0.3, 0.4) is 0 Å². The summed E-state index contributed by atoms with van der Waals surface area (Å²) in [7, 11) is -4.20.